The van der Waals surface area contributed by atoms with Crippen molar-refractivity contribution in [2.75, 3.05) is 13.1 Å². The van der Waals surface area contributed by atoms with Gasteiger partial charge in [-0.15, -0.1) is 0 Å². The van der Waals surface area contributed by atoms with E-state index in [1.807, 2.05) is 84.4 Å². The molecule has 0 radical (unpaired) electrons. The van der Waals surface area contributed by atoms with Crippen molar-refractivity contribution < 1.29 is 9.90 Å². The second-order valence-electron chi connectivity index (χ2n) is 9.51. The van der Waals surface area contributed by atoms with E-state index < -0.39 is 5.60 Å². The molecule has 1 atom stereocenters. The van der Waals surface area contributed by atoms with Gasteiger partial charge in [0.15, 0.2) is 5.78 Å². The Labute approximate surface area is 227 Å². The van der Waals surface area contributed by atoms with Crippen LogP contribution in [-0.4, -0.2) is 44.5 Å². The van der Waals surface area contributed by atoms with Crippen molar-refractivity contribution in [3.8, 4) is 17.1 Å². The summed E-state index contributed by atoms with van der Waals surface area (Å²) < 4.78 is 1.92. The Morgan fingerprint density at radius 2 is 1.62 bits per heavy atom. The number of aliphatic hydroxyl groups is 1. The number of piperidine rings is 1. The average molecular weight is 534 g/mol. The predicted molar refractivity (Wildman–Crippen MR) is 149 cm³/mol. The van der Waals surface area contributed by atoms with Gasteiger partial charge in [0, 0.05) is 30.5 Å². The number of rotatable bonds is 7. The highest BCUT2D eigenvalue weighted by Gasteiger charge is 2.38. The van der Waals surface area contributed by atoms with Crippen LogP contribution < -0.4 is 0 Å². The molecule has 1 aromatic heterocycles. The van der Waals surface area contributed by atoms with E-state index >= 15 is 0 Å². The normalized spacial score (nSPS) is 16.4. The van der Waals surface area contributed by atoms with Crippen LogP contribution in [0.5, 0.6) is 0 Å². The van der Waals surface area contributed by atoms with E-state index in [4.69, 9.17) is 28.2 Å². The van der Waals surface area contributed by atoms with E-state index in [1.54, 1.807) is 12.1 Å². The zero-order chi connectivity index (χ0) is 26.0. The Kier molecular flexibility index (Phi) is 7.50. The minimum Gasteiger partial charge on any atom is -0.385 e. The SMILES string of the molecule is CCC(C(=O)c1cn(-c2ccccc2)c(-c2ccc(Cl)c(Cl)c2)n1)N1CCC(O)(c2ccccc2)CC1. The van der Waals surface area contributed by atoms with Crippen molar-refractivity contribution in [1.82, 2.24) is 14.5 Å². The first kappa shape index (κ1) is 25.7. The Morgan fingerprint density at radius 3 is 2.24 bits per heavy atom. The quantitative estimate of drug-likeness (QED) is 0.265. The van der Waals surface area contributed by atoms with Crippen molar-refractivity contribution >= 4 is 29.0 Å². The number of aromatic nitrogens is 2. The largest absolute Gasteiger partial charge is 0.385 e. The molecule has 1 unspecified atom stereocenters. The van der Waals surface area contributed by atoms with Gasteiger partial charge in [0.1, 0.15) is 11.5 Å². The summed E-state index contributed by atoms with van der Waals surface area (Å²) in [6, 6.07) is 24.6. The fourth-order valence-corrected chi connectivity index (χ4v) is 5.44. The van der Waals surface area contributed by atoms with Crippen molar-refractivity contribution in [3.63, 3.8) is 0 Å². The number of hydrogen-bond acceptors (Lipinski definition) is 4. The highest BCUT2D eigenvalue weighted by Crippen LogP contribution is 2.34. The number of imidazole rings is 1. The maximum absolute atomic E-state index is 13.8. The van der Waals surface area contributed by atoms with Crippen LogP contribution in [0, 0.1) is 0 Å². The van der Waals surface area contributed by atoms with E-state index in [0.29, 0.717) is 53.9 Å². The first-order valence-corrected chi connectivity index (χ1v) is 13.3. The van der Waals surface area contributed by atoms with E-state index in [-0.39, 0.29) is 11.8 Å². The smallest absolute Gasteiger partial charge is 0.199 e. The molecule has 2 heterocycles. The molecule has 0 spiro atoms. The zero-order valence-electron chi connectivity index (χ0n) is 20.6. The highest BCUT2D eigenvalue weighted by atomic mass is 35.5. The number of ketones is 1. The van der Waals surface area contributed by atoms with Crippen LogP contribution in [0.1, 0.15) is 42.2 Å². The fraction of sp³-hybridized carbons (Fsp3) is 0.267. The molecule has 3 aromatic carbocycles. The number of Topliss-reactive ketones (excluding diaryl/α,β-unsaturated/α-hetero) is 1. The second-order valence-corrected chi connectivity index (χ2v) is 10.3. The molecule has 1 saturated heterocycles. The van der Waals surface area contributed by atoms with Crippen molar-refractivity contribution in [2.45, 2.75) is 37.8 Å². The lowest BCUT2D eigenvalue weighted by atomic mass is 9.83. The second kappa shape index (κ2) is 10.8. The molecular weight excluding hydrogens is 505 g/mol. The average Bonchev–Trinajstić information content (AvgIpc) is 3.38. The van der Waals surface area contributed by atoms with Crippen LogP contribution >= 0.6 is 23.2 Å². The molecule has 1 aliphatic rings. The van der Waals surface area contributed by atoms with Crippen molar-refractivity contribution in [1.29, 1.82) is 0 Å². The van der Waals surface area contributed by atoms with Crippen LogP contribution in [0.4, 0.5) is 0 Å². The number of carbonyl (C=O) groups is 1. The molecule has 0 bridgehead atoms. The lowest BCUT2D eigenvalue weighted by Crippen LogP contribution is -2.49. The van der Waals surface area contributed by atoms with Crippen LogP contribution in [0.2, 0.25) is 10.0 Å². The van der Waals surface area contributed by atoms with Gasteiger partial charge in [-0.1, -0.05) is 78.7 Å². The van der Waals surface area contributed by atoms with Gasteiger partial charge in [0.05, 0.1) is 21.7 Å². The third-order valence-electron chi connectivity index (χ3n) is 7.24. The summed E-state index contributed by atoms with van der Waals surface area (Å²) in [6.07, 6.45) is 3.62. The standard InChI is InChI=1S/C30H29Cl2N3O2/c1-2-27(34-17-15-30(37,16-18-34)22-9-5-3-6-10-22)28(36)26-20-35(23-11-7-4-8-12-23)29(33-26)21-13-14-24(31)25(32)19-21/h3-14,19-20,27,37H,2,15-18H2,1H3. The molecule has 190 valence electrons. The van der Waals surface area contributed by atoms with E-state index in [9.17, 15) is 9.90 Å². The van der Waals surface area contributed by atoms with Gasteiger partial charge in [-0.25, -0.2) is 4.98 Å². The summed E-state index contributed by atoms with van der Waals surface area (Å²) in [4.78, 5) is 20.8. The molecule has 0 amide bonds. The Morgan fingerprint density at radius 1 is 0.973 bits per heavy atom. The molecule has 4 aromatic rings. The molecule has 0 saturated carbocycles. The summed E-state index contributed by atoms with van der Waals surface area (Å²) in [6.45, 7) is 3.29. The maximum atomic E-state index is 13.8. The van der Waals surface area contributed by atoms with Gasteiger partial charge in [0.25, 0.3) is 0 Å². The molecule has 7 heteroatoms. The van der Waals surface area contributed by atoms with Crippen molar-refractivity contribution in [2.24, 2.45) is 0 Å². The molecule has 0 aliphatic carbocycles. The van der Waals surface area contributed by atoms with Gasteiger partial charge in [0.2, 0.25) is 0 Å². The zero-order valence-corrected chi connectivity index (χ0v) is 22.2. The number of halogens is 2. The number of carbonyl (C=O) groups excluding carboxylic acids is 1. The summed E-state index contributed by atoms with van der Waals surface area (Å²) in [5.41, 5.74) is 2.14. The molecule has 37 heavy (non-hydrogen) atoms. The maximum Gasteiger partial charge on any atom is 0.199 e. The number of hydrogen-bond donors (Lipinski definition) is 1. The third-order valence-corrected chi connectivity index (χ3v) is 7.98. The molecule has 1 fully saturated rings. The van der Waals surface area contributed by atoms with Gasteiger partial charge in [-0.2, -0.15) is 0 Å². The summed E-state index contributed by atoms with van der Waals surface area (Å²) in [5, 5.41) is 12.2. The van der Waals surface area contributed by atoms with E-state index in [0.717, 1.165) is 16.8 Å². The number of benzene rings is 3. The van der Waals surface area contributed by atoms with Crippen LogP contribution in [-0.2, 0) is 5.60 Å². The monoisotopic (exact) mass is 533 g/mol. The lowest BCUT2D eigenvalue weighted by molar-refractivity contribution is -0.0336. The van der Waals surface area contributed by atoms with Crippen LogP contribution in [0.3, 0.4) is 0 Å². The molecular formula is C30H29Cl2N3O2. The first-order chi connectivity index (χ1) is 17.9. The summed E-state index contributed by atoms with van der Waals surface area (Å²) in [5.74, 6) is 0.601. The summed E-state index contributed by atoms with van der Waals surface area (Å²) >= 11 is 12.5. The van der Waals surface area contributed by atoms with Gasteiger partial charge < -0.3 is 5.11 Å². The summed E-state index contributed by atoms with van der Waals surface area (Å²) in [7, 11) is 0. The highest BCUT2D eigenvalue weighted by molar-refractivity contribution is 6.42. The van der Waals surface area contributed by atoms with Gasteiger partial charge in [-0.05, 0) is 55.2 Å². The topological polar surface area (TPSA) is 58.4 Å². The van der Waals surface area contributed by atoms with Gasteiger partial charge >= 0.3 is 0 Å². The lowest BCUT2D eigenvalue weighted by Gasteiger charge is -2.41. The van der Waals surface area contributed by atoms with E-state index in [1.165, 1.54) is 0 Å². The number of nitrogens with zero attached hydrogens (tertiary/aromatic N) is 3. The Hall–Kier alpha value is -2.96. The fourth-order valence-electron chi connectivity index (χ4n) is 5.15. The Balaban J connectivity index is 1.43. The Bertz CT molecular complexity index is 1380. The number of para-hydroxylation sites is 1. The minimum atomic E-state index is -0.866. The molecule has 1 aliphatic heterocycles. The predicted octanol–water partition coefficient (Wildman–Crippen LogP) is 6.79. The number of likely N-dealkylation sites (tertiary alicyclic amines) is 1. The minimum absolute atomic E-state index is 0.0244. The van der Waals surface area contributed by atoms with E-state index in [2.05, 4.69) is 4.90 Å². The van der Waals surface area contributed by atoms with Crippen LogP contribution in [0.25, 0.3) is 17.1 Å². The van der Waals surface area contributed by atoms with Crippen LogP contribution in [0.15, 0.2) is 85.1 Å². The third kappa shape index (κ3) is 5.23. The molecule has 5 nitrogen and oxygen atoms in total. The van der Waals surface area contributed by atoms with Crippen molar-refractivity contribution in [3.05, 3.63) is 106 Å². The molecule has 5 rings (SSSR count). The first-order valence-electron chi connectivity index (χ1n) is 12.6. The molecule has 1 N–H and O–H groups in total. The van der Waals surface area contributed by atoms with Gasteiger partial charge in [-0.3, -0.25) is 14.3 Å².